The quantitative estimate of drug-likeness (QED) is 0.452. The van der Waals surface area contributed by atoms with Crippen LogP contribution >= 0.6 is 0 Å². The number of aromatic nitrogens is 2. The van der Waals surface area contributed by atoms with Crippen LogP contribution < -0.4 is 20.9 Å². The van der Waals surface area contributed by atoms with Gasteiger partial charge in [-0.2, -0.15) is 0 Å². The van der Waals surface area contributed by atoms with Gasteiger partial charge in [0, 0.05) is 18.2 Å². The third-order valence-corrected chi connectivity index (χ3v) is 5.41. The van der Waals surface area contributed by atoms with Crippen LogP contribution in [0.5, 0.6) is 5.75 Å². The maximum absolute atomic E-state index is 13.7. The van der Waals surface area contributed by atoms with E-state index in [0.717, 1.165) is 0 Å². The van der Waals surface area contributed by atoms with E-state index in [0.29, 0.717) is 33.7 Å². The molecular weight excluding hydrogens is 432 g/mol. The smallest absolute Gasteiger partial charge is 0.278 e. The Hall–Kier alpha value is -4.46. The molecule has 3 aromatic carbocycles. The van der Waals surface area contributed by atoms with Gasteiger partial charge in [-0.3, -0.25) is 19.0 Å². The van der Waals surface area contributed by atoms with Crippen molar-refractivity contribution in [2.75, 3.05) is 17.7 Å². The van der Waals surface area contributed by atoms with Gasteiger partial charge in [0.2, 0.25) is 11.8 Å². The fourth-order valence-electron chi connectivity index (χ4n) is 3.74. The fourth-order valence-corrected chi connectivity index (χ4v) is 3.74. The van der Waals surface area contributed by atoms with E-state index in [1.807, 2.05) is 6.07 Å². The lowest BCUT2D eigenvalue weighted by molar-refractivity contribution is -0.118. The van der Waals surface area contributed by atoms with Crippen LogP contribution in [-0.2, 0) is 9.59 Å². The molecule has 4 aromatic rings. The van der Waals surface area contributed by atoms with Crippen LogP contribution in [0.4, 0.5) is 11.4 Å². The number of nitrogens with one attached hydrogen (secondary N) is 2. The van der Waals surface area contributed by atoms with Crippen LogP contribution in [-0.4, -0.2) is 28.5 Å². The predicted octanol–water partition coefficient (Wildman–Crippen LogP) is 4.23. The molecule has 0 radical (unpaired) electrons. The average Bonchev–Trinajstić information content (AvgIpc) is 2.84. The molecule has 0 unspecified atom stereocenters. The van der Waals surface area contributed by atoms with Gasteiger partial charge >= 0.3 is 0 Å². The molecule has 34 heavy (non-hydrogen) atoms. The Kier molecular flexibility index (Phi) is 6.40. The summed E-state index contributed by atoms with van der Waals surface area (Å²) < 4.78 is 6.58. The van der Waals surface area contributed by atoms with E-state index in [2.05, 4.69) is 15.6 Å². The number of fused-ring (bicyclic) bond motifs is 1. The molecular formula is C26H24N4O4. The van der Waals surface area contributed by atoms with Crippen molar-refractivity contribution in [3.05, 3.63) is 83.2 Å². The maximum atomic E-state index is 13.7. The second kappa shape index (κ2) is 9.58. The highest BCUT2D eigenvalue weighted by atomic mass is 16.5. The molecule has 8 heteroatoms. The molecule has 0 aliphatic rings. The average molecular weight is 457 g/mol. The summed E-state index contributed by atoms with van der Waals surface area (Å²) in [5.41, 5.74) is 2.33. The minimum absolute atomic E-state index is 0.146. The number of carbonyl (C=O) groups is 2. The summed E-state index contributed by atoms with van der Waals surface area (Å²) in [6, 6.07) is 20.2. The van der Waals surface area contributed by atoms with Crippen LogP contribution in [0.15, 0.2) is 77.6 Å². The summed E-state index contributed by atoms with van der Waals surface area (Å²) in [6.45, 7) is 3.06. The Morgan fingerprint density at radius 3 is 2.32 bits per heavy atom. The number of carbonyl (C=O) groups excluding carboxylic acids is 2. The van der Waals surface area contributed by atoms with Gasteiger partial charge in [0.1, 0.15) is 17.5 Å². The van der Waals surface area contributed by atoms with Gasteiger partial charge in [0.15, 0.2) is 0 Å². The SMILES string of the molecule is COc1ccc(NC(=O)[C@@H](C)n2c(=O)c(-c3ccccc3NC(C)=O)nc3ccccc32)cc1. The summed E-state index contributed by atoms with van der Waals surface area (Å²) >= 11 is 0. The largest absolute Gasteiger partial charge is 0.497 e. The lowest BCUT2D eigenvalue weighted by Gasteiger charge is -2.19. The molecule has 0 saturated heterocycles. The first kappa shape index (κ1) is 22.7. The number of rotatable bonds is 6. The first-order chi connectivity index (χ1) is 16.4. The third-order valence-electron chi connectivity index (χ3n) is 5.41. The Morgan fingerprint density at radius 1 is 0.941 bits per heavy atom. The van der Waals surface area contributed by atoms with Gasteiger partial charge in [0.25, 0.3) is 5.56 Å². The van der Waals surface area contributed by atoms with E-state index in [1.165, 1.54) is 11.5 Å². The van der Waals surface area contributed by atoms with Crippen LogP contribution in [0.3, 0.4) is 0 Å². The van der Waals surface area contributed by atoms with Crippen molar-refractivity contribution >= 4 is 34.2 Å². The molecule has 0 aliphatic heterocycles. The number of amides is 2. The van der Waals surface area contributed by atoms with Gasteiger partial charge in [0.05, 0.1) is 23.8 Å². The van der Waals surface area contributed by atoms with Crippen molar-refractivity contribution in [2.45, 2.75) is 19.9 Å². The molecule has 0 fully saturated rings. The van der Waals surface area contributed by atoms with E-state index >= 15 is 0 Å². The zero-order valence-electron chi connectivity index (χ0n) is 19.0. The van der Waals surface area contributed by atoms with Gasteiger partial charge in [-0.25, -0.2) is 4.98 Å². The van der Waals surface area contributed by atoms with E-state index in [1.54, 1.807) is 80.8 Å². The number of hydrogen-bond donors (Lipinski definition) is 2. The first-order valence-corrected chi connectivity index (χ1v) is 10.7. The Labute approximate surface area is 196 Å². The lowest BCUT2D eigenvalue weighted by Crippen LogP contribution is -2.33. The number of methoxy groups -OCH3 is 1. The van der Waals surface area contributed by atoms with Gasteiger partial charge in [-0.1, -0.05) is 30.3 Å². The van der Waals surface area contributed by atoms with Crippen molar-refractivity contribution in [3.8, 4) is 17.0 Å². The highest BCUT2D eigenvalue weighted by Gasteiger charge is 2.23. The van der Waals surface area contributed by atoms with Crippen LogP contribution in [0.25, 0.3) is 22.3 Å². The first-order valence-electron chi connectivity index (χ1n) is 10.7. The standard InChI is InChI=1S/C26H24N4O4/c1-16(25(32)28-18-12-14-19(34-3)15-13-18)30-23-11-7-6-10-22(23)29-24(26(30)33)20-8-4-5-9-21(20)27-17(2)31/h4-16H,1-3H3,(H,27,31)(H,28,32)/t16-/m1/s1. The molecule has 0 bridgehead atoms. The zero-order valence-corrected chi connectivity index (χ0v) is 19.0. The molecule has 172 valence electrons. The molecule has 0 saturated carbocycles. The Bertz CT molecular complexity index is 1430. The van der Waals surface area contributed by atoms with Crippen LogP contribution in [0.2, 0.25) is 0 Å². The molecule has 1 atom stereocenters. The minimum atomic E-state index is -0.839. The second-order valence-corrected chi connectivity index (χ2v) is 7.74. The Morgan fingerprint density at radius 2 is 1.62 bits per heavy atom. The summed E-state index contributed by atoms with van der Waals surface area (Å²) in [6.07, 6.45) is 0. The second-order valence-electron chi connectivity index (χ2n) is 7.74. The zero-order chi connectivity index (χ0) is 24.2. The lowest BCUT2D eigenvalue weighted by atomic mass is 10.1. The number of hydrogen-bond acceptors (Lipinski definition) is 5. The summed E-state index contributed by atoms with van der Waals surface area (Å²) in [5, 5.41) is 5.59. The van der Waals surface area contributed by atoms with Gasteiger partial charge in [-0.05, 0) is 49.4 Å². The molecule has 1 aromatic heterocycles. The number of ether oxygens (including phenoxy) is 1. The van der Waals surface area contributed by atoms with E-state index in [9.17, 15) is 14.4 Å². The molecule has 8 nitrogen and oxygen atoms in total. The van der Waals surface area contributed by atoms with Gasteiger partial charge < -0.3 is 15.4 Å². The number of anilines is 2. The number of benzene rings is 3. The van der Waals surface area contributed by atoms with Crippen LogP contribution in [0, 0.1) is 0 Å². The number of para-hydroxylation sites is 3. The maximum Gasteiger partial charge on any atom is 0.278 e. The van der Waals surface area contributed by atoms with Crippen molar-refractivity contribution in [1.82, 2.24) is 9.55 Å². The summed E-state index contributed by atoms with van der Waals surface area (Å²) in [7, 11) is 1.57. The van der Waals surface area contributed by atoms with E-state index < -0.39 is 11.6 Å². The van der Waals surface area contributed by atoms with Gasteiger partial charge in [-0.15, -0.1) is 0 Å². The van der Waals surface area contributed by atoms with Crippen molar-refractivity contribution in [1.29, 1.82) is 0 Å². The predicted molar refractivity (Wildman–Crippen MR) is 132 cm³/mol. The van der Waals surface area contributed by atoms with Crippen molar-refractivity contribution in [2.24, 2.45) is 0 Å². The molecule has 0 aliphatic carbocycles. The molecule has 2 N–H and O–H groups in total. The Balaban J connectivity index is 1.81. The molecule has 2 amide bonds. The van der Waals surface area contributed by atoms with Crippen molar-refractivity contribution < 1.29 is 14.3 Å². The minimum Gasteiger partial charge on any atom is -0.497 e. The normalized spacial score (nSPS) is 11.6. The highest BCUT2D eigenvalue weighted by Crippen LogP contribution is 2.27. The van der Waals surface area contributed by atoms with E-state index in [-0.39, 0.29) is 17.5 Å². The summed E-state index contributed by atoms with van der Waals surface area (Å²) in [4.78, 5) is 43.1. The molecule has 4 rings (SSSR count). The van der Waals surface area contributed by atoms with Crippen LogP contribution in [0.1, 0.15) is 19.9 Å². The van der Waals surface area contributed by atoms with Crippen molar-refractivity contribution in [3.63, 3.8) is 0 Å². The highest BCUT2D eigenvalue weighted by molar-refractivity contribution is 5.96. The molecule has 1 heterocycles. The number of nitrogens with zero attached hydrogens (tertiary/aromatic N) is 2. The molecule has 0 spiro atoms. The topological polar surface area (TPSA) is 102 Å². The monoisotopic (exact) mass is 456 g/mol. The fraction of sp³-hybridized carbons (Fsp3) is 0.154. The third kappa shape index (κ3) is 4.52. The summed E-state index contributed by atoms with van der Waals surface area (Å²) in [5.74, 6) is 0.0513. The van der Waals surface area contributed by atoms with E-state index in [4.69, 9.17) is 4.74 Å².